The topological polar surface area (TPSA) is 41.6 Å². The summed E-state index contributed by atoms with van der Waals surface area (Å²) in [6.07, 6.45) is 1.30. The van der Waals surface area contributed by atoms with Crippen molar-refractivity contribution in [3.63, 3.8) is 0 Å². The largest absolute Gasteiger partial charge is 0.366 e. The number of anilines is 1. The van der Waals surface area contributed by atoms with Crippen molar-refractivity contribution in [3.05, 3.63) is 29.8 Å². The Balaban J connectivity index is 1.79. The molecule has 0 radical (unpaired) electrons. The van der Waals surface area contributed by atoms with Crippen molar-refractivity contribution in [1.29, 1.82) is 0 Å². The molecule has 4 heteroatoms. The quantitative estimate of drug-likeness (QED) is 0.872. The Labute approximate surface area is 113 Å². The molecule has 4 nitrogen and oxygen atoms in total. The molecule has 1 aromatic carbocycles. The van der Waals surface area contributed by atoms with Crippen LogP contribution >= 0.6 is 0 Å². The number of aryl methyl sites for hydroxylation is 1. The van der Waals surface area contributed by atoms with Crippen molar-refractivity contribution < 1.29 is 9.53 Å². The second kappa shape index (κ2) is 5.31. The molecule has 102 valence electrons. The van der Waals surface area contributed by atoms with Crippen LogP contribution in [-0.2, 0) is 9.53 Å². The van der Waals surface area contributed by atoms with Crippen LogP contribution in [-0.4, -0.2) is 38.3 Å². The third-order valence-corrected chi connectivity index (χ3v) is 4.11. The molecular weight excluding hydrogens is 240 g/mol. The van der Waals surface area contributed by atoms with Crippen molar-refractivity contribution in [2.75, 3.05) is 31.1 Å². The van der Waals surface area contributed by atoms with E-state index in [1.807, 2.05) is 36.1 Å². The number of ether oxygens (including phenoxy) is 1. The number of para-hydroxylation sites is 1. The van der Waals surface area contributed by atoms with Crippen LogP contribution in [0.4, 0.5) is 5.69 Å². The van der Waals surface area contributed by atoms with Crippen molar-refractivity contribution >= 4 is 11.6 Å². The molecule has 2 aliphatic heterocycles. The van der Waals surface area contributed by atoms with Crippen LogP contribution in [0.5, 0.6) is 0 Å². The predicted molar refractivity (Wildman–Crippen MR) is 74.2 cm³/mol. The molecule has 2 unspecified atom stereocenters. The lowest BCUT2D eigenvalue weighted by atomic mass is 9.99. The lowest BCUT2D eigenvalue weighted by Gasteiger charge is -2.36. The van der Waals surface area contributed by atoms with Gasteiger partial charge in [0.2, 0.25) is 0 Å². The number of rotatable bonds is 2. The summed E-state index contributed by atoms with van der Waals surface area (Å²) in [5.41, 5.74) is 2.16. The van der Waals surface area contributed by atoms with Crippen LogP contribution in [0.25, 0.3) is 0 Å². The van der Waals surface area contributed by atoms with Crippen LogP contribution in [0, 0.1) is 12.8 Å². The van der Waals surface area contributed by atoms with Crippen LogP contribution in [0.1, 0.15) is 12.0 Å². The highest BCUT2D eigenvalue weighted by atomic mass is 16.5. The highest BCUT2D eigenvalue weighted by molar-refractivity contribution is 5.95. The van der Waals surface area contributed by atoms with Crippen molar-refractivity contribution in [1.82, 2.24) is 5.32 Å². The van der Waals surface area contributed by atoms with Crippen LogP contribution < -0.4 is 10.2 Å². The summed E-state index contributed by atoms with van der Waals surface area (Å²) in [5.74, 6) is 0.594. The number of morpholine rings is 1. The molecule has 19 heavy (non-hydrogen) atoms. The monoisotopic (exact) mass is 260 g/mol. The summed E-state index contributed by atoms with van der Waals surface area (Å²) in [6, 6.07) is 8.05. The summed E-state index contributed by atoms with van der Waals surface area (Å²) < 4.78 is 5.73. The van der Waals surface area contributed by atoms with Gasteiger partial charge in [0, 0.05) is 18.2 Å². The molecule has 1 amide bonds. The Hall–Kier alpha value is -1.39. The van der Waals surface area contributed by atoms with E-state index in [4.69, 9.17) is 4.74 Å². The fraction of sp³-hybridized carbons (Fsp3) is 0.533. The van der Waals surface area contributed by atoms with E-state index in [0.717, 1.165) is 30.8 Å². The Morgan fingerprint density at radius 2 is 2.21 bits per heavy atom. The average Bonchev–Trinajstić information content (AvgIpc) is 2.94. The molecule has 2 aliphatic rings. The normalized spacial score (nSPS) is 27.8. The minimum atomic E-state index is 0.0662. The minimum absolute atomic E-state index is 0.0662. The summed E-state index contributed by atoms with van der Waals surface area (Å²) in [4.78, 5) is 14.0. The average molecular weight is 260 g/mol. The molecule has 0 saturated carbocycles. The third kappa shape index (κ3) is 2.51. The summed E-state index contributed by atoms with van der Waals surface area (Å²) in [5, 5.41) is 3.36. The van der Waals surface area contributed by atoms with Gasteiger partial charge in [-0.25, -0.2) is 0 Å². The summed E-state index contributed by atoms with van der Waals surface area (Å²) in [6.45, 7) is 4.99. The molecule has 2 saturated heterocycles. The first kappa shape index (κ1) is 12.6. The highest BCUT2D eigenvalue weighted by Gasteiger charge is 2.34. The van der Waals surface area contributed by atoms with Gasteiger partial charge >= 0.3 is 0 Å². The van der Waals surface area contributed by atoms with E-state index in [2.05, 4.69) is 5.32 Å². The summed E-state index contributed by atoms with van der Waals surface area (Å²) in [7, 11) is 0. The molecule has 2 fully saturated rings. The molecule has 0 aliphatic carbocycles. The smallest absolute Gasteiger partial charge is 0.253 e. The molecule has 0 spiro atoms. The fourth-order valence-electron chi connectivity index (χ4n) is 2.97. The van der Waals surface area contributed by atoms with Gasteiger partial charge in [-0.15, -0.1) is 0 Å². The lowest BCUT2D eigenvalue weighted by molar-refractivity contribution is -0.131. The van der Waals surface area contributed by atoms with E-state index >= 15 is 0 Å². The van der Waals surface area contributed by atoms with E-state index in [1.54, 1.807) is 0 Å². The number of hydrogen-bond donors (Lipinski definition) is 1. The number of nitrogens with one attached hydrogen (secondary N) is 1. The first-order valence-electron chi connectivity index (χ1n) is 6.94. The zero-order chi connectivity index (χ0) is 13.2. The maximum atomic E-state index is 12.1. The Bertz CT molecular complexity index is 469. The van der Waals surface area contributed by atoms with Gasteiger partial charge in [0.05, 0.1) is 12.6 Å². The van der Waals surface area contributed by atoms with E-state index in [-0.39, 0.29) is 18.6 Å². The molecule has 2 heterocycles. The van der Waals surface area contributed by atoms with E-state index in [9.17, 15) is 4.79 Å². The standard InChI is InChI=1S/C15H20N2O2/c1-11-4-2-3-5-13(11)17-9-14(19-10-15(17)18)12-6-7-16-8-12/h2-5,12,14,16H,6-10H2,1H3. The van der Waals surface area contributed by atoms with Gasteiger partial charge < -0.3 is 15.0 Å². The number of hydrogen-bond acceptors (Lipinski definition) is 3. The van der Waals surface area contributed by atoms with Crippen molar-refractivity contribution in [2.24, 2.45) is 5.92 Å². The second-order valence-corrected chi connectivity index (χ2v) is 5.39. The van der Waals surface area contributed by atoms with E-state index in [0.29, 0.717) is 12.5 Å². The van der Waals surface area contributed by atoms with Gasteiger partial charge in [-0.3, -0.25) is 4.79 Å². The first-order chi connectivity index (χ1) is 9.25. The van der Waals surface area contributed by atoms with Crippen LogP contribution in [0.15, 0.2) is 24.3 Å². The Kier molecular flexibility index (Phi) is 3.53. The molecule has 2 atom stereocenters. The Morgan fingerprint density at radius 3 is 2.95 bits per heavy atom. The van der Waals surface area contributed by atoms with Crippen LogP contribution in [0.3, 0.4) is 0 Å². The number of carbonyl (C=O) groups excluding carboxylic acids is 1. The van der Waals surface area contributed by atoms with Gasteiger partial charge in [-0.2, -0.15) is 0 Å². The third-order valence-electron chi connectivity index (χ3n) is 4.11. The fourth-order valence-corrected chi connectivity index (χ4v) is 2.97. The van der Waals surface area contributed by atoms with Crippen molar-refractivity contribution in [2.45, 2.75) is 19.4 Å². The number of benzene rings is 1. The predicted octanol–water partition coefficient (Wildman–Crippen LogP) is 1.34. The SMILES string of the molecule is Cc1ccccc1N1CC(C2CCNC2)OCC1=O. The molecule has 0 aromatic heterocycles. The van der Waals surface area contributed by atoms with E-state index < -0.39 is 0 Å². The maximum Gasteiger partial charge on any atom is 0.253 e. The summed E-state index contributed by atoms with van der Waals surface area (Å²) >= 11 is 0. The molecule has 3 rings (SSSR count). The zero-order valence-corrected chi connectivity index (χ0v) is 11.3. The number of nitrogens with zero attached hydrogens (tertiary/aromatic N) is 1. The van der Waals surface area contributed by atoms with Crippen molar-refractivity contribution in [3.8, 4) is 0 Å². The first-order valence-corrected chi connectivity index (χ1v) is 6.94. The van der Waals surface area contributed by atoms with Gasteiger partial charge in [0.1, 0.15) is 6.61 Å². The second-order valence-electron chi connectivity index (χ2n) is 5.39. The molecular formula is C15H20N2O2. The lowest BCUT2D eigenvalue weighted by Crippen LogP contribution is -2.50. The van der Waals surface area contributed by atoms with Crippen LogP contribution in [0.2, 0.25) is 0 Å². The molecule has 1 N–H and O–H groups in total. The Morgan fingerprint density at radius 1 is 1.37 bits per heavy atom. The van der Waals surface area contributed by atoms with Gasteiger partial charge in [0.15, 0.2) is 0 Å². The van der Waals surface area contributed by atoms with Gasteiger partial charge in [-0.05, 0) is 31.5 Å². The number of amides is 1. The van der Waals surface area contributed by atoms with Gasteiger partial charge in [-0.1, -0.05) is 18.2 Å². The van der Waals surface area contributed by atoms with E-state index in [1.165, 1.54) is 0 Å². The minimum Gasteiger partial charge on any atom is -0.366 e. The zero-order valence-electron chi connectivity index (χ0n) is 11.3. The molecule has 1 aromatic rings. The highest BCUT2D eigenvalue weighted by Crippen LogP contribution is 2.26. The van der Waals surface area contributed by atoms with Gasteiger partial charge in [0.25, 0.3) is 5.91 Å². The maximum absolute atomic E-state index is 12.1. The molecule has 0 bridgehead atoms. The number of carbonyl (C=O) groups is 1.